The molecule has 0 aliphatic rings. The van der Waals surface area contributed by atoms with Crippen LogP contribution in [0.5, 0.6) is 11.5 Å². The highest BCUT2D eigenvalue weighted by Gasteiger charge is 2.13. The third-order valence-electron chi connectivity index (χ3n) is 2.65. The molecule has 0 saturated heterocycles. The molecule has 4 nitrogen and oxygen atoms in total. The third-order valence-corrected chi connectivity index (χ3v) is 3.27. The molecule has 0 fully saturated rings. The van der Waals surface area contributed by atoms with E-state index in [1.165, 1.54) is 0 Å². The van der Waals surface area contributed by atoms with Gasteiger partial charge in [-0.3, -0.25) is 0 Å². The van der Waals surface area contributed by atoms with Gasteiger partial charge < -0.3 is 20.3 Å². The van der Waals surface area contributed by atoms with E-state index in [0.717, 1.165) is 21.5 Å². The summed E-state index contributed by atoms with van der Waals surface area (Å²) in [7, 11) is 3.22. The number of methoxy groups -OCH3 is 2. The number of hydrogen-bond acceptors (Lipinski definition) is 4. The van der Waals surface area contributed by atoms with Gasteiger partial charge in [-0.1, -0.05) is 0 Å². The van der Waals surface area contributed by atoms with Crippen molar-refractivity contribution in [2.75, 3.05) is 27.4 Å². The molecule has 0 aliphatic heterocycles. The van der Waals surface area contributed by atoms with Gasteiger partial charge >= 0.3 is 0 Å². The average Bonchev–Trinajstić information content (AvgIpc) is 2.36. The predicted octanol–water partition coefficient (Wildman–Crippen LogP) is 1.58. The monoisotopic (exact) mass is 303 g/mol. The third kappa shape index (κ3) is 3.59. The summed E-state index contributed by atoms with van der Waals surface area (Å²) in [5.41, 5.74) is 6.58. The molecule has 1 aromatic rings. The van der Waals surface area contributed by atoms with Crippen LogP contribution in [-0.4, -0.2) is 32.5 Å². The Kier molecular flexibility index (Phi) is 5.74. The van der Waals surface area contributed by atoms with Gasteiger partial charge in [-0.05, 0) is 46.4 Å². The highest BCUT2D eigenvalue weighted by Crippen LogP contribution is 2.33. The Morgan fingerprint density at radius 1 is 1.29 bits per heavy atom. The van der Waals surface area contributed by atoms with Gasteiger partial charge in [0.2, 0.25) is 0 Å². The molecule has 0 aliphatic carbocycles. The van der Waals surface area contributed by atoms with Crippen molar-refractivity contribution in [3.05, 3.63) is 22.2 Å². The Labute approximate surface area is 110 Å². The summed E-state index contributed by atoms with van der Waals surface area (Å²) in [6.45, 7) is 0.520. The van der Waals surface area contributed by atoms with E-state index in [2.05, 4.69) is 15.9 Å². The van der Waals surface area contributed by atoms with Gasteiger partial charge in [0.1, 0.15) is 11.5 Å². The van der Waals surface area contributed by atoms with Crippen LogP contribution in [0.2, 0.25) is 0 Å². The summed E-state index contributed by atoms with van der Waals surface area (Å²) in [6, 6.07) is 3.76. The summed E-state index contributed by atoms with van der Waals surface area (Å²) >= 11 is 3.43. The highest BCUT2D eigenvalue weighted by atomic mass is 79.9. The minimum Gasteiger partial charge on any atom is -0.496 e. The van der Waals surface area contributed by atoms with Gasteiger partial charge in [0.15, 0.2) is 0 Å². The predicted molar refractivity (Wildman–Crippen MR) is 70.6 cm³/mol. The van der Waals surface area contributed by atoms with Crippen LogP contribution >= 0.6 is 15.9 Å². The van der Waals surface area contributed by atoms with Gasteiger partial charge in [0, 0.05) is 12.7 Å². The van der Waals surface area contributed by atoms with Gasteiger partial charge in [-0.2, -0.15) is 0 Å². The first kappa shape index (κ1) is 14.3. The molecule has 0 bridgehead atoms. The Morgan fingerprint density at radius 3 is 2.41 bits per heavy atom. The molecule has 96 valence electrons. The van der Waals surface area contributed by atoms with E-state index < -0.39 is 0 Å². The van der Waals surface area contributed by atoms with Crippen molar-refractivity contribution in [2.24, 2.45) is 11.7 Å². The second-order valence-electron chi connectivity index (χ2n) is 3.79. The first-order valence-corrected chi connectivity index (χ1v) is 6.16. The standard InChI is InChI=1S/C12H18BrNO3/c1-16-11-5-12(17-2)10(13)4-9(11)3-8(6-14)7-15/h4-5,8,15H,3,6-7,14H2,1-2H3. The largest absolute Gasteiger partial charge is 0.496 e. The van der Waals surface area contributed by atoms with E-state index in [4.69, 9.17) is 20.3 Å². The lowest BCUT2D eigenvalue weighted by Gasteiger charge is -2.16. The lowest BCUT2D eigenvalue weighted by Crippen LogP contribution is -2.20. The molecule has 1 unspecified atom stereocenters. The van der Waals surface area contributed by atoms with Crippen molar-refractivity contribution in [1.82, 2.24) is 0 Å². The van der Waals surface area contributed by atoms with Crippen molar-refractivity contribution in [3.8, 4) is 11.5 Å². The molecule has 0 amide bonds. The zero-order valence-corrected chi connectivity index (χ0v) is 11.7. The van der Waals surface area contributed by atoms with Crippen molar-refractivity contribution in [2.45, 2.75) is 6.42 Å². The number of ether oxygens (including phenoxy) is 2. The maximum atomic E-state index is 9.16. The van der Waals surface area contributed by atoms with E-state index in [-0.39, 0.29) is 12.5 Å². The summed E-state index contributed by atoms with van der Waals surface area (Å²) < 4.78 is 11.4. The van der Waals surface area contributed by atoms with Crippen molar-refractivity contribution >= 4 is 15.9 Å². The van der Waals surface area contributed by atoms with E-state index in [0.29, 0.717) is 13.0 Å². The number of halogens is 1. The molecule has 5 heteroatoms. The van der Waals surface area contributed by atoms with E-state index in [1.54, 1.807) is 14.2 Å². The quantitative estimate of drug-likeness (QED) is 0.837. The molecule has 0 spiro atoms. The lowest BCUT2D eigenvalue weighted by atomic mass is 9.99. The molecule has 0 radical (unpaired) electrons. The number of aliphatic hydroxyl groups excluding tert-OH is 1. The molecule has 17 heavy (non-hydrogen) atoms. The van der Waals surface area contributed by atoms with Crippen LogP contribution < -0.4 is 15.2 Å². The summed E-state index contributed by atoms with van der Waals surface area (Å²) in [4.78, 5) is 0. The maximum absolute atomic E-state index is 9.16. The number of nitrogens with two attached hydrogens (primary N) is 1. The summed E-state index contributed by atoms with van der Waals surface area (Å²) in [5, 5.41) is 9.16. The Balaban J connectivity index is 3.01. The minimum atomic E-state index is 0.0456. The van der Waals surface area contributed by atoms with Gasteiger partial charge in [0.05, 0.1) is 18.7 Å². The molecule has 1 atom stereocenters. The molecule has 3 N–H and O–H groups in total. The smallest absolute Gasteiger partial charge is 0.136 e. The minimum absolute atomic E-state index is 0.0456. The molecular weight excluding hydrogens is 286 g/mol. The van der Waals surface area contributed by atoms with Crippen molar-refractivity contribution in [3.63, 3.8) is 0 Å². The molecule has 0 aromatic heterocycles. The van der Waals surface area contributed by atoms with E-state index >= 15 is 0 Å². The highest BCUT2D eigenvalue weighted by molar-refractivity contribution is 9.10. The Bertz CT molecular complexity index is 367. The van der Waals surface area contributed by atoms with Gasteiger partial charge in [-0.25, -0.2) is 0 Å². The second kappa shape index (κ2) is 6.83. The Hall–Kier alpha value is -0.780. The molecule has 1 aromatic carbocycles. The van der Waals surface area contributed by atoms with Crippen LogP contribution in [0.3, 0.4) is 0 Å². The lowest BCUT2D eigenvalue weighted by molar-refractivity contribution is 0.229. The van der Waals surface area contributed by atoms with Crippen LogP contribution in [0, 0.1) is 5.92 Å². The first-order valence-electron chi connectivity index (χ1n) is 5.37. The average molecular weight is 304 g/mol. The van der Waals surface area contributed by atoms with Gasteiger partial charge in [0.25, 0.3) is 0 Å². The summed E-state index contributed by atoms with van der Waals surface area (Å²) in [5.74, 6) is 1.51. The zero-order chi connectivity index (χ0) is 12.8. The van der Waals surface area contributed by atoms with Crippen molar-refractivity contribution < 1.29 is 14.6 Å². The van der Waals surface area contributed by atoms with E-state index in [1.807, 2.05) is 12.1 Å². The van der Waals surface area contributed by atoms with Crippen molar-refractivity contribution in [1.29, 1.82) is 0 Å². The SMILES string of the molecule is COc1cc(OC)c(CC(CN)CO)cc1Br. The number of aliphatic hydroxyl groups is 1. The second-order valence-corrected chi connectivity index (χ2v) is 4.64. The molecule has 0 heterocycles. The van der Waals surface area contributed by atoms with Crippen LogP contribution in [-0.2, 0) is 6.42 Å². The fraction of sp³-hybridized carbons (Fsp3) is 0.500. The first-order chi connectivity index (χ1) is 8.15. The van der Waals surface area contributed by atoms with E-state index in [9.17, 15) is 0 Å². The topological polar surface area (TPSA) is 64.7 Å². The molecule has 1 rings (SSSR count). The Morgan fingerprint density at radius 2 is 1.94 bits per heavy atom. The summed E-state index contributed by atoms with van der Waals surface area (Å²) in [6.07, 6.45) is 0.679. The fourth-order valence-electron chi connectivity index (χ4n) is 1.62. The van der Waals surface area contributed by atoms with Crippen LogP contribution in [0.1, 0.15) is 5.56 Å². The fourth-order valence-corrected chi connectivity index (χ4v) is 2.17. The number of benzene rings is 1. The molecule has 0 saturated carbocycles. The maximum Gasteiger partial charge on any atom is 0.136 e. The van der Waals surface area contributed by atoms with Crippen LogP contribution in [0.4, 0.5) is 0 Å². The van der Waals surface area contributed by atoms with Gasteiger partial charge in [-0.15, -0.1) is 0 Å². The zero-order valence-electron chi connectivity index (χ0n) is 10.1. The van der Waals surface area contributed by atoms with Crippen LogP contribution in [0.25, 0.3) is 0 Å². The normalized spacial score (nSPS) is 12.3. The number of hydrogen-bond donors (Lipinski definition) is 2. The van der Waals surface area contributed by atoms with Crippen LogP contribution in [0.15, 0.2) is 16.6 Å². The number of rotatable bonds is 6. The molecular formula is C12H18BrNO3.